The maximum Gasteiger partial charge on any atom is 0.252 e. The summed E-state index contributed by atoms with van der Waals surface area (Å²) in [5, 5.41) is 2.70. The van der Waals surface area contributed by atoms with Crippen molar-refractivity contribution in [2.75, 3.05) is 46.6 Å². The van der Waals surface area contributed by atoms with Crippen molar-refractivity contribution in [3.05, 3.63) is 23.8 Å². The second kappa shape index (κ2) is 10.9. The summed E-state index contributed by atoms with van der Waals surface area (Å²) >= 11 is 0. The summed E-state index contributed by atoms with van der Waals surface area (Å²) in [4.78, 5) is 26.4. The Labute approximate surface area is 166 Å². The number of nitrogens with zero attached hydrogens (tertiary/aromatic N) is 1. The number of benzene rings is 1. The molecular formula is C20H31N3O5. The zero-order valence-electron chi connectivity index (χ0n) is 16.9. The molecule has 2 rings (SSSR count). The number of morpholine rings is 1. The number of hydrogen-bond donors (Lipinski definition) is 2. The lowest BCUT2D eigenvalue weighted by Crippen LogP contribution is -2.45. The maximum absolute atomic E-state index is 12.6. The second-order valence-electron chi connectivity index (χ2n) is 7.23. The first kappa shape index (κ1) is 22.0. The highest BCUT2D eigenvalue weighted by Gasteiger charge is 2.21. The summed E-state index contributed by atoms with van der Waals surface area (Å²) in [5.41, 5.74) is 5.80. The molecule has 156 valence electrons. The molecular weight excluding hydrogens is 362 g/mol. The Bertz CT molecular complexity index is 659. The second-order valence-corrected chi connectivity index (χ2v) is 7.23. The van der Waals surface area contributed by atoms with Crippen molar-refractivity contribution in [3.8, 4) is 11.5 Å². The average Bonchev–Trinajstić information content (AvgIpc) is 2.67. The van der Waals surface area contributed by atoms with Gasteiger partial charge in [0, 0.05) is 25.2 Å². The Kier molecular flexibility index (Phi) is 8.53. The van der Waals surface area contributed by atoms with Crippen LogP contribution in [-0.4, -0.2) is 69.3 Å². The highest BCUT2D eigenvalue weighted by Crippen LogP contribution is 2.28. The van der Waals surface area contributed by atoms with Crippen LogP contribution < -0.4 is 20.5 Å². The Hall–Kier alpha value is -2.32. The fourth-order valence-electron chi connectivity index (χ4n) is 3.00. The third-order valence-electron chi connectivity index (χ3n) is 4.55. The molecule has 1 saturated heterocycles. The predicted molar refractivity (Wildman–Crippen MR) is 106 cm³/mol. The van der Waals surface area contributed by atoms with Gasteiger partial charge in [0.15, 0.2) is 11.5 Å². The van der Waals surface area contributed by atoms with E-state index >= 15 is 0 Å². The Morgan fingerprint density at radius 3 is 2.57 bits per heavy atom. The highest BCUT2D eigenvalue weighted by atomic mass is 16.5. The SMILES string of the molecule is COc1ccc(C(=O)N[C@@H](CC(C)C)C(N)=O)cc1OCCN1CCOCC1. The van der Waals surface area contributed by atoms with Gasteiger partial charge < -0.3 is 25.3 Å². The van der Waals surface area contributed by atoms with Gasteiger partial charge in [0.2, 0.25) is 5.91 Å². The zero-order chi connectivity index (χ0) is 20.5. The molecule has 0 aromatic heterocycles. The summed E-state index contributed by atoms with van der Waals surface area (Å²) in [7, 11) is 1.55. The summed E-state index contributed by atoms with van der Waals surface area (Å²) in [5.74, 6) is 0.352. The average molecular weight is 393 g/mol. The van der Waals surface area contributed by atoms with Gasteiger partial charge in [-0.1, -0.05) is 13.8 Å². The molecule has 2 amide bonds. The van der Waals surface area contributed by atoms with E-state index in [1.807, 2.05) is 13.8 Å². The standard InChI is InChI=1S/C20H31N3O5/c1-14(2)12-16(19(21)24)22-20(25)15-4-5-17(26-3)18(13-15)28-11-8-23-6-9-27-10-7-23/h4-5,13-14,16H,6-12H2,1-3H3,(H2,21,24)(H,22,25)/t16-/m0/s1. The van der Waals surface area contributed by atoms with E-state index in [1.165, 1.54) is 0 Å². The third-order valence-corrected chi connectivity index (χ3v) is 4.55. The van der Waals surface area contributed by atoms with Gasteiger partial charge in [-0.15, -0.1) is 0 Å². The highest BCUT2D eigenvalue weighted by molar-refractivity contribution is 5.97. The van der Waals surface area contributed by atoms with Gasteiger partial charge in [-0.25, -0.2) is 0 Å². The first-order valence-corrected chi connectivity index (χ1v) is 9.61. The van der Waals surface area contributed by atoms with E-state index < -0.39 is 11.9 Å². The van der Waals surface area contributed by atoms with E-state index in [4.69, 9.17) is 19.9 Å². The number of primary amides is 1. The number of carbonyl (C=O) groups excluding carboxylic acids is 2. The number of carbonyl (C=O) groups is 2. The van der Waals surface area contributed by atoms with Crippen LogP contribution in [0.5, 0.6) is 11.5 Å². The number of ether oxygens (including phenoxy) is 3. The molecule has 3 N–H and O–H groups in total. The molecule has 8 nitrogen and oxygen atoms in total. The van der Waals surface area contributed by atoms with Crippen LogP contribution >= 0.6 is 0 Å². The van der Waals surface area contributed by atoms with Crippen molar-refractivity contribution in [1.29, 1.82) is 0 Å². The van der Waals surface area contributed by atoms with Crippen molar-refractivity contribution < 1.29 is 23.8 Å². The molecule has 28 heavy (non-hydrogen) atoms. The van der Waals surface area contributed by atoms with Crippen LogP contribution in [0.2, 0.25) is 0 Å². The van der Waals surface area contributed by atoms with Gasteiger partial charge in [0.1, 0.15) is 12.6 Å². The fraction of sp³-hybridized carbons (Fsp3) is 0.600. The van der Waals surface area contributed by atoms with Crippen molar-refractivity contribution in [2.24, 2.45) is 11.7 Å². The predicted octanol–water partition coefficient (Wildman–Crippen LogP) is 1.04. The molecule has 0 aliphatic carbocycles. The molecule has 1 aromatic carbocycles. The summed E-state index contributed by atoms with van der Waals surface area (Å²) in [6.07, 6.45) is 0.486. The molecule has 8 heteroatoms. The first-order chi connectivity index (χ1) is 13.4. The number of nitrogens with one attached hydrogen (secondary N) is 1. The molecule has 1 aromatic rings. The Morgan fingerprint density at radius 2 is 1.96 bits per heavy atom. The summed E-state index contributed by atoms with van der Waals surface area (Å²) in [6, 6.07) is 4.23. The number of amides is 2. The molecule has 1 atom stereocenters. The van der Waals surface area contributed by atoms with Gasteiger partial charge in [-0.3, -0.25) is 14.5 Å². The molecule has 1 fully saturated rings. The zero-order valence-corrected chi connectivity index (χ0v) is 16.9. The molecule has 0 spiro atoms. The van der Waals surface area contributed by atoms with E-state index in [9.17, 15) is 9.59 Å². The molecule has 0 saturated carbocycles. The van der Waals surface area contributed by atoms with Crippen LogP contribution in [0.1, 0.15) is 30.6 Å². The van der Waals surface area contributed by atoms with E-state index in [-0.39, 0.29) is 11.8 Å². The van der Waals surface area contributed by atoms with Crippen molar-refractivity contribution >= 4 is 11.8 Å². The van der Waals surface area contributed by atoms with Gasteiger partial charge >= 0.3 is 0 Å². The Morgan fingerprint density at radius 1 is 1.25 bits per heavy atom. The van der Waals surface area contributed by atoms with Crippen LogP contribution in [0.25, 0.3) is 0 Å². The van der Waals surface area contributed by atoms with Crippen LogP contribution in [0.3, 0.4) is 0 Å². The quantitative estimate of drug-likeness (QED) is 0.616. The van der Waals surface area contributed by atoms with E-state index in [2.05, 4.69) is 10.2 Å². The lowest BCUT2D eigenvalue weighted by atomic mass is 10.0. The van der Waals surface area contributed by atoms with Crippen molar-refractivity contribution in [1.82, 2.24) is 10.2 Å². The largest absolute Gasteiger partial charge is 0.493 e. The molecule has 1 heterocycles. The minimum absolute atomic E-state index is 0.229. The van der Waals surface area contributed by atoms with E-state index in [1.54, 1.807) is 25.3 Å². The van der Waals surface area contributed by atoms with Crippen LogP contribution in [0, 0.1) is 5.92 Å². The number of rotatable bonds is 10. The van der Waals surface area contributed by atoms with Gasteiger partial charge in [0.05, 0.1) is 20.3 Å². The lowest BCUT2D eigenvalue weighted by Gasteiger charge is -2.26. The normalized spacial score (nSPS) is 15.9. The number of methoxy groups -OCH3 is 1. The summed E-state index contributed by atoms with van der Waals surface area (Å²) < 4.78 is 16.5. The Balaban J connectivity index is 2.01. The molecule has 1 aliphatic heterocycles. The number of hydrogen-bond acceptors (Lipinski definition) is 6. The first-order valence-electron chi connectivity index (χ1n) is 9.61. The minimum atomic E-state index is -0.708. The minimum Gasteiger partial charge on any atom is -0.493 e. The maximum atomic E-state index is 12.6. The third kappa shape index (κ3) is 6.69. The van der Waals surface area contributed by atoms with Gasteiger partial charge in [-0.05, 0) is 30.5 Å². The molecule has 0 unspecified atom stereocenters. The summed E-state index contributed by atoms with van der Waals surface area (Å²) in [6.45, 7) is 8.40. The van der Waals surface area contributed by atoms with Crippen LogP contribution in [0.4, 0.5) is 0 Å². The van der Waals surface area contributed by atoms with Crippen LogP contribution in [-0.2, 0) is 9.53 Å². The molecule has 1 aliphatic rings. The van der Waals surface area contributed by atoms with E-state index in [0.29, 0.717) is 30.1 Å². The van der Waals surface area contributed by atoms with Crippen molar-refractivity contribution in [3.63, 3.8) is 0 Å². The molecule has 0 bridgehead atoms. The molecule has 0 radical (unpaired) electrons. The van der Waals surface area contributed by atoms with Crippen molar-refractivity contribution in [2.45, 2.75) is 26.3 Å². The van der Waals surface area contributed by atoms with Gasteiger partial charge in [-0.2, -0.15) is 0 Å². The lowest BCUT2D eigenvalue weighted by molar-refractivity contribution is -0.120. The fourth-order valence-corrected chi connectivity index (χ4v) is 3.00. The van der Waals surface area contributed by atoms with E-state index in [0.717, 1.165) is 32.8 Å². The number of nitrogens with two attached hydrogens (primary N) is 1. The van der Waals surface area contributed by atoms with Gasteiger partial charge in [0.25, 0.3) is 5.91 Å². The smallest absolute Gasteiger partial charge is 0.252 e. The van der Waals surface area contributed by atoms with Crippen LogP contribution in [0.15, 0.2) is 18.2 Å². The monoisotopic (exact) mass is 393 g/mol. The topological polar surface area (TPSA) is 103 Å².